The third-order valence-electron chi connectivity index (χ3n) is 1.83. The Balaban J connectivity index is 2.64. The van der Waals surface area contributed by atoms with Crippen LogP contribution in [0.25, 0.3) is 0 Å². The van der Waals surface area contributed by atoms with Gasteiger partial charge in [0.25, 0.3) is 0 Å². The van der Waals surface area contributed by atoms with Gasteiger partial charge in [-0.25, -0.2) is 0 Å². The zero-order valence-corrected chi connectivity index (χ0v) is 9.68. The van der Waals surface area contributed by atoms with Crippen LogP contribution in [0.3, 0.4) is 0 Å². The first-order valence-electron chi connectivity index (χ1n) is 4.74. The first-order chi connectivity index (χ1) is 8.28. The number of carbonyl (C=O) groups is 1. The summed E-state index contributed by atoms with van der Waals surface area (Å²) in [5, 5.41) is 10.8. The molecule has 18 heavy (non-hydrogen) atoms. The van der Waals surface area contributed by atoms with Gasteiger partial charge in [0.2, 0.25) is 0 Å². The van der Waals surface area contributed by atoms with Crippen molar-refractivity contribution in [3.05, 3.63) is 28.8 Å². The van der Waals surface area contributed by atoms with Crippen molar-refractivity contribution in [3.8, 4) is 5.75 Å². The number of aliphatic carboxylic acids is 1. The highest BCUT2D eigenvalue weighted by molar-refractivity contribution is 6.32. The number of carboxylic acid groups (broad SMARTS) is 1. The van der Waals surface area contributed by atoms with Crippen LogP contribution in [-0.4, -0.2) is 24.0 Å². The smallest absolute Gasteiger partial charge is 0.480 e. The molecule has 0 unspecified atom stereocenters. The van der Waals surface area contributed by atoms with Crippen molar-refractivity contribution < 1.29 is 27.8 Å². The van der Waals surface area contributed by atoms with Crippen molar-refractivity contribution in [1.29, 1.82) is 0 Å². The van der Waals surface area contributed by atoms with Crippen molar-refractivity contribution in [2.24, 2.45) is 0 Å². The Kier molecular flexibility index (Phi) is 4.80. The number of halogens is 4. The van der Waals surface area contributed by atoms with Gasteiger partial charge >= 0.3 is 12.3 Å². The molecule has 0 aromatic heterocycles. The second-order valence-corrected chi connectivity index (χ2v) is 3.72. The number of hydrogen-bond acceptors (Lipinski definition) is 3. The van der Waals surface area contributed by atoms with Gasteiger partial charge in [0.05, 0.1) is 11.6 Å². The van der Waals surface area contributed by atoms with Crippen LogP contribution < -0.4 is 10.1 Å². The molecule has 0 aliphatic carbocycles. The molecule has 4 nitrogen and oxygen atoms in total. The van der Waals surface area contributed by atoms with E-state index in [0.717, 1.165) is 6.07 Å². The molecule has 0 aliphatic rings. The minimum atomic E-state index is -4.80. The van der Waals surface area contributed by atoms with E-state index in [0.29, 0.717) is 5.56 Å². The van der Waals surface area contributed by atoms with E-state index in [1.54, 1.807) is 0 Å². The van der Waals surface area contributed by atoms with E-state index in [-0.39, 0.29) is 18.1 Å². The maximum atomic E-state index is 12.0. The fourth-order valence-electron chi connectivity index (χ4n) is 1.18. The average Bonchev–Trinajstić information content (AvgIpc) is 2.19. The van der Waals surface area contributed by atoms with Crippen LogP contribution in [-0.2, 0) is 11.3 Å². The summed E-state index contributed by atoms with van der Waals surface area (Å²) in [6, 6.07) is 3.72. The molecule has 1 rings (SSSR count). The molecule has 0 spiro atoms. The lowest BCUT2D eigenvalue weighted by atomic mass is 10.2. The van der Waals surface area contributed by atoms with Gasteiger partial charge in [-0.2, -0.15) is 0 Å². The molecule has 8 heteroatoms. The van der Waals surface area contributed by atoms with Gasteiger partial charge in [-0.3, -0.25) is 4.79 Å². The Morgan fingerprint density at radius 2 is 2.11 bits per heavy atom. The first-order valence-corrected chi connectivity index (χ1v) is 5.12. The van der Waals surface area contributed by atoms with Crippen LogP contribution in [0, 0.1) is 0 Å². The van der Waals surface area contributed by atoms with Crippen LogP contribution in [0.15, 0.2) is 18.2 Å². The molecule has 0 saturated heterocycles. The Morgan fingerprint density at radius 3 is 2.61 bits per heavy atom. The molecule has 0 amide bonds. The highest BCUT2D eigenvalue weighted by atomic mass is 35.5. The zero-order chi connectivity index (χ0) is 13.8. The Hall–Kier alpha value is -1.47. The van der Waals surface area contributed by atoms with Crippen LogP contribution in [0.5, 0.6) is 5.75 Å². The zero-order valence-electron chi connectivity index (χ0n) is 8.92. The minimum absolute atomic E-state index is 0.179. The molecule has 0 radical (unpaired) electrons. The van der Waals surface area contributed by atoms with E-state index in [2.05, 4.69) is 10.1 Å². The molecular formula is C10H9ClF3NO3. The highest BCUT2D eigenvalue weighted by Gasteiger charge is 2.31. The predicted molar refractivity (Wildman–Crippen MR) is 57.5 cm³/mol. The number of nitrogens with one attached hydrogen (secondary N) is 1. The van der Waals surface area contributed by atoms with Gasteiger partial charge in [0, 0.05) is 6.54 Å². The number of benzene rings is 1. The second kappa shape index (κ2) is 5.92. The summed E-state index contributed by atoms with van der Waals surface area (Å²) in [5.41, 5.74) is 0.552. The van der Waals surface area contributed by atoms with E-state index in [9.17, 15) is 18.0 Å². The second-order valence-electron chi connectivity index (χ2n) is 3.31. The van der Waals surface area contributed by atoms with Crippen LogP contribution in [0.4, 0.5) is 13.2 Å². The molecular weight excluding hydrogens is 275 g/mol. The summed E-state index contributed by atoms with van der Waals surface area (Å²) in [6.07, 6.45) is -4.80. The summed E-state index contributed by atoms with van der Waals surface area (Å²) in [4.78, 5) is 10.2. The third kappa shape index (κ3) is 5.24. The van der Waals surface area contributed by atoms with Crippen molar-refractivity contribution in [2.45, 2.75) is 12.9 Å². The van der Waals surface area contributed by atoms with E-state index in [1.807, 2.05) is 0 Å². The Labute approximate surface area is 105 Å². The van der Waals surface area contributed by atoms with E-state index in [1.165, 1.54) is 12.1 Å². The van der Waals surface area contributed by atoms with E-state index in [4.69, 9.17) is 16.7 Å². The summed E-state index contributed by atoms with van der Waals surface area (Å²) >= 11 is 5.61. The largest absolute Gasteiger partial charge is 0.573 e. The maximum Gasteiger partial charge on any atom is 0.573 e. The summed E-state index contributed by atoms with van der Waals surface area (Å²) in [6.45, 7) is -0.0727. The molecule has 0 atom stereocenters. The van der Waals surface area contributed by atoms with E-state index >= 15 is 0 Å². The number of carboxylic acids is 1. The minimum Gasteiger partial charge on any atom is -0.480 e. The van der Waals surface area contributed by atoms with Gasteiger partial charge in [-0.15, -0.1) is 13.2 Å². The molecule has 1 aromatic carbocycles. The number of rotatable bonds is 5. The molecule has 0 aliphatic heterocycles. The average molecular weight is 284 g/mol. The van der Waals surface area contributed by atoms with Crippen molar-refractivity contribution >= 4 is 17.6 Å². The van der Waals surface area contributed by atoms with E-state index < -0.39 is 18.1 Å². The molecule has 0 heterocycles. The summed E-state index contributed by atoms with van der Waals surface area (Å²) in [5.74, 6) is -1.52. The quantitative estimate of drug-likeness (QED) is 0.871. The number of alkyl halides is 3. The first kappa shape index (κ1) is 14.6. The fraction of sp³-hybridized carbons (Fsp3) is 0.300. The lowest BCUT2D eigenvalue weighted by Crippen LogP contribution is -2.22. The molecule has 2 N–H and O–H groups in total. The topological polar surface area (TPSA) is 58.6 Å². The van der Waals surface area contributed by atoms with Crippen LogP contribution in [0.1, 0.15) is 5.56 Å². The third-order valence-corrected chi connectivity index (χ3v) is 2.12. The van der Waals surface area contributed by atoms with Crippen molar-refractivity contribution in [2.75, 3.05) is 6.54 Å². The van der Waals surface area contributed by atoms with Gasteiger partial charge in [-0.1, -0.05) is 17.7 Å². The van der Waals surface area contributed by atoms with Crippen molar-refractivity contribution in [3.63, 3.8) is 0 Å². The summed E-state index contributed by atoms with van der Waals surface area (Å²) in [7, 11) is 0. The van der Waals surface area contributed by atoms with Gasteiger partial charge in [-0.05, 0) is 17.7 Å². The molecule has 100 valence electrons. The monoisotopic (exact) mass is 283 g/mol. The Morgan fingerprint density at radius 1 is 1.44 bits per heavy atom. The lowest BCUT2D eigenvalue weighted by molar-refractivity contribution is -0.274. The van der Waals surface area contributed by atoms with Crippen LogP contribution >= 0.6 is 11.6 Å². The normalized spacial score (nSPS) is 11.3. The number of hydrogen-bond donors (Lipinski definition) is 2. The highest BCUT2D eigenvalue weighted by Crippen LogP contribution is 2.30. The number of ether oxygens (including phenoxy) is 1. The lowest BCUT2D eigenvalue weighted by Gasteiger charge is -2.11. The Bertz CT molecular complexity index is 437. The molecule has 0 saturated carbocycles. The van der Waals surface area contributed by atoms with Gasteiger partial charge < -0.3 is 15.2 Å². The molecule has 0 bridgehead atoms. The van der Waals surface area contributed by atoms with Gasteiger partial charge in [0.1, 0.15) is 5.75 Å². The molecule has 0 fully saturated rings. The fourth-order valence-corrected chi connectivity index (χ4v) is 1.42. The van der Waals surface area contributed by atoms with Crippen LogP contribution in [0.2, 0.25) is 5.02 Å². The molecule has 1 aromatic rings. The van der Waals surface area contributed by atoms with Crippen molar-refractivity contribution in [1.82, 2.24) is 5.32 Å². The standard InChI is InChI=1S/C10H9ClF3NO3/c11-7-3-6(4-15-5-9(16)17)1-2-8(7)18-10(12,13)14/h1-3,15H,4-5H2,(H,16,17). The SMILES string of the molecule is O=C(O)CNCc1ccc(OC(F)(F)F)c(Cl)c1. The van der Waals surface area contributed by atoms with Gasteiger partial charge in [0.15, 0.2) is 0 Å². The maximum absolute atomic E-state index is 12.0. The summed E-state index contributed by atoms with van der Waals surface area (Å²) < 4.78 is 39.5. The predicted octanol–water partition coefficient (Wildman–Crippen LogP) is 2.41.